The van der Waals surface area contributed by atoms with Crippen molar-refractivity contribution in [1.29, 1.82) is 0 Å². The zero-order chi connectivity index (χ0) is 12.3. The molecule has 4 heteroatoms. The van der Waals surface area contributed by atoms with Gasteiger partial charge in [-0.25, -0.2) is 8.42 Å². The number of hydrogen-bond acceptors (Lipinski definition) is 3. The molecule has 0 spiro atoms. The fourth-order valence-electron chi connectivity index (χ4n) is 2.38. The van der Waals surface area contributed by atoms with Crippen molar-refractivity contribution in [1.82, 2.24) is 5.32 Å². The Balaban J connectivity index is 1.82. The second-order valence-electron chi connectivity index (χ2n) is 4.73. The highest BCUT2D eigenvalue weighted by molar-refractivity contribution is 7.90. The van der Waals surface area contributed by atoms with Crippen molar-refractivity contribution in [2.45, 2.75) is 25.3 Å². The van der Waals surface area contributed by atoms with E-state index < -0.39 is 9.84 Å². The highest BCUT2D eigenvalue weighted by atomic mass is 32.2. The third-order valence-electron chi connectivity index (χ3n) is 3.22. The lowest BCUT2D eigenvalue weighted by Crippen LogP contribution is -2.22. The standard InChI is InChI=1S/C13H19NO2S/c1-17(15,16)10-4-9-14-13-8-7-11-5-2-3-6-12(11)13/h2-3,5-6,13-14H,4,7-10H2,1H3. The van der Waals surface area contributed by atoms with Gasteiger partial charge in [-0.15, -0.1) is 0 Å². The average Bonchev–Trinajstić information content (AvgIpc) is 2.67. The van der Waals surface area contributed by atoms with E-state index in [9.17, 15) is 8.42 Å². The Labute approximate surface area is 103 Å². The van der Waals surface area contributed by atoms with Gasteiger partial charge in [-0.05, 0) is 36.9 Å². The van der Waals surface area contributed by atoms with Crippen LogP contribution in [0.4, 0.5) is 0 Å². The van der Waals surface area contributed by atoms with E-state index in [2.05, 4.69) is 29.6 Å². The normalized spacial score (nSPS) is 19.2. The molecule has 0 saturated carbocycles. The summed E-state index contributed by atoms with van der Waals surface area (Å²) < 4.78 is 22.0. The van der Waals surface area contributed by atoms with Crippen LogP contribution in [0.5, 0.6) is 0 Å². The van der Waals surface area contributed by atoms with Gasteiger partial charge in [-0.1, -0.05) is 24.3 Å². The molecule has 2 rings (SSSR count). The van der Waals surface area contributed by atoms with E-state index in [0.29, 0.717) is 12.5 Å². The van der Waals surface area contributed by atoms with Gasteiger partial charge in [0, 0.05) is 12.3 Å². The van der Waals surface area contributed by atoms with E-state index in [0.717, 1.165) is 19.4 Å². The molecule has 17 heavy (non-hydrogen) atoms. The van der Waals surface area contributed by atoms with Gasteiger partial charge in [-0.3, -0.25) is 0 Å². The van der Waals surface area contributed by atoms with Crippen LogP contribution in [0.2, 0.25) is 0 Å². The second-order valence-corrected chi connectivity index (χ2v) is 6.99. The van der Waals surface area contributed by atoms with Crippen LogP contribution < -0.4 is 5.32 Å². The average molecular weight is 253 g/mol. The molecule has 0 fully saturated rings. The zero-order valence-corrected chi connectivity index (χ0v) is 11.0. The van der Waals surface area contributed by atoms with Gasteiger partial charge < -0.3 is 5.32 Å². The molecule has 1 aliphatic rings. The lowest BCUT2D eigenvalue weighted by Gasteiger charge is -2.13. The monoisotopic (exact) mass is 253 g/mol. The Hall–Kier alpha value is -0.870. The summed E-state index contributed by atoms with van der Waals surface area (Å²) in [4.78, 5) is 0. The number of aryl methyl sites for hydroxylation is 1. The molecule has 1 unspecified atom stereocenters. The number of hydrogen-bond donors (Lipinski definition) is 1. The SMILES string of the molecule is CS(=O)(=O)CCCNC1CCc2ccccc21. The Morgan fingerprint density at radius 2 is 2.12 bits per heavy atom. The molecule has 0 radical (unpaired) electrons. The molecule has 0 aromatic heterocycles. The molecule has 1 aliphatic carbocycles. The third kappa shape index (κ3) is 3.54. The van der Waals surface area contributed by atoms with Gasteiger partial charge in [0.15, 0.2) is 0 Å². The smallest absolute Gasteiger partial charge is 0.147 e. The van der Waals surface area contributed by atoms with Crippen LogP contribution in [0.25, 0.3) is 0 Å². The Morgan fingerprint density at radius 3 is 2.88 bits per heavy atom. The predicted octanol–water partition coefficient (Wildman–Crippen LogP) is 1.70. The third-order valence-corrected chi connectivity index (χ3v) is 4.25. The van der Waals surface area contributed by atoms with Gasteiger partial charge >= 0.3 is 0 Å². The number of nitrogens with one attached hydrogen (secondary N) is 1. The van der Waals surface area contributed by atoms with E-state index >= 15 is 0 Å². The van der Waals surface area contributed by atoms with E-state index in [1.807, 2.05) is 0 Å². The minimum absolute atomic E-state index is 0.272. The summed E-state index contributed by atoms with van der Waals surface area (Å²) in [6, 6.07) is 8.88. The van der Waals surface area contributed by atoms with Gasteiger partial charge in [0.05, 0.1) is 5.75 Å². The van der Waals surface area contributed by atoms with E-state index in [-0.39, 0.29) is 5.75 Å². The molecular weight excluding hydrogens is 234 g/mol. The van der Waals surface area contributed by atoms with Crippen LogP contribution >= 0.6 is 0 Å². The minimum atomic E-state index is -2.82. The maximum Gasteiger partial charge on any atom is 0.147 e. The number of fused-ring (bicyclic) bond motifs is 1. The quantitative estimate of drug-likeness (QED) is 0.812. The van der Waals surface area contributed by atoms with Crippen molar-refractivity contribution in [3.8, 4) is 0 Å². The number of rotatable bonds is 5. The fourth-order valence-corrected chi connectivity index (χ4v) is 3.05. The molecule has 0 heterocycles. The molecule has 1 atom stereocenters. The largest absolute Gasteiger partial charge is 0.310 e. The summed E-state index contributed by atoms with van der Waals surface area (Å²) in [5.74, 6) is 0.272. The van der Waals surface area contributed by atoms with Crippen LogP contribution in [0.15, 0.2) is 24.3 Å². The van der Waals surface area contributed by atoms with Crippen molar-refractivity contribution >= 4 is 9.84 Å². The van der Waals surface area contributed by atoms with Crippen LogP contribution in [-0.4, -0.2) is 27.0 Å². The first-order valence-electron chi connectivity index (χ1n) is 6.05. The van der Waals surface area contributed by atoms with E-state index in [1.165, 1.54) is 17.4 Å². The summed E-state index contributed by atoms with van der Waals surface area (Å²) >= 11 is 0. The van der Waals surface area contributed by atoms with Crippen LogP contribution in [0, 0.1) is 0 Å². The van der Waals surface area contributed by atoms with Crippen LogP contribution in [0.3, 0.4) is 0 Å². The van der Waals surface area contributed by atoms with Crippen molar-refractivity contribution < 1.29 is 8.42 Å². The number of sulfone groups is 1. The molecular formula is C13H19NO2S. The summed E-state index contributed by atoms with van der Waals surface area (Å²) in [6.45, 7) is 0.770. The topological polar surface area (TPSA) is 46.2 Å². The van der Waals surface area contributed by atoms with Crippen molar-refractivity contribution in [2.24, 2.45) is 0 Å². The van der Waals surface area contributed by atoms with Gasteiger partial charge in [0.25, 0.3) is 0 Å². The molecule has 0 amide bonds. The Kier molecular flexibility index (Phi) is 3.84. The molecule has 0 aliphatic heterocycles. The zero-order valence-electron chi connectivity index (χ0n) is 10.1. The molecule has 3 nitrogen and oxygen atoms in total. The first kappa shape index (κ1) is 12.6. The molecule has 1 N–H and O–H groups in total. The van der Waals surface area contributed by atoms with Gasteiger partial charge in [0.1, 0.15) is 9.84 Å². The highest BCUT2D eigenvalue weighted by Gasteiger charge is 2.20. The molecule has 94 valence electrons. The Morgan fingerprint density at radius 1 is 1.35 bits per heavy atom. The van der Waals surface area contributed by atoms with Crippen molar-refractivity contribution in [3.63, 3.8) is 0 Å². The summed E-state index contributed by atoms with van der Waals surface area (Å²) in [5.41, 5.74) is 2.81. The first-order valence-corrected chi connectivity index (χ1v) is 8.11. The predicted molar refractivity (Wildman–Crippen MR) is 69.8 cm³/mol. The highest BCUT2D eigenvalue weighted by Crippen LogP contribution is 2.30. The molecule has 1 aromatic carbocycles. The second kappa shape index (κ2) is 5.19. The van der Waals surface area contributed by atoms with Crippen LogP contribution in [-0.2, 0) is 16.3 Å². The molecule has 1 aromatic rings. The van der Waals surface area contributed by atoms with Crippen molar-refractivity contribution in [2.75, 3.05) is 18.6 Å². The van der Waals surface area contributed by atoms with E-state index in [1.54, 1.807) is 0 Å². The Bertz CT molecular complexity index is 482. The molecule has 0 bridgehead atoms. The summed E-state index contributed by atoms with van der Waals surface area (Å²) in [7, 11) is -2.82. The maximum absolute atomic E-state index is 11.0. The van der Waals surface area contributed by atoms with Gasteiger partial charge in [-0.2, -0.15) is 0 Å². The van der Waals surface area contributed by atoms with Crippen LogP contribution in [0.1, 0.15) is 30.0 Å². The number of benzene rings is 1. The fraction of sp³-hybridized carbons (Fsp3) is 0.538. The summed E-state index contributed by atoms with van der Waals surface area (Å²) in [6.07, 6.45) is 4.23. The van der Waals surface area contributed by atoms with Crippen molar-refractivity contribution in [3.05, 3.63) is 35.4 Å². The lowest BCUT2D eigenvalue weighted by atomic mass is 10.1. The minimum Gasteiger partial charge on any atom is -0.310 e. The van der Waals surface area contributed by atoms with Gasteiger partial charge in [0.2, 0.25) is 0 Å². The molecule has 0 saturated heterocycles. The summed E-state index contributed by atoms with van der Waals surface area (Å²) in [5, 5.41) is 3.45. The maximum atomic E-state index is 11.0. The first-order chi connectivity index (χ1) is 8.06. The van der Waals surface area contributed by atoms with E-state index in [4.69, 9.17) is 0 Å². The lowest BCUT2D eigenvalue weighted by molar-refractivity contribution is 0.526.